The van der Waals surface area contributed by atoms with Gasteiger partial charge in [-0.1, -0.05) is 0 Å². The molecule has 29 heavy (non-hydrogen) atoms. The molecule has 0 fully saturated rings. The predicted octanol–water partition coefficient (Wildman–Crippen LogP) is 7.58. The Balaban J connectivity index is 2.00. The molecule has 0 aliphatic heterocycles. The van der Waals surface area contributed by atoms with E-state index in [4.69, 9.17) is 0 Å². The summed E-state index contributed by atoms with van der Waals surface area (Å²) in [5.74, 6) is 0. The summed E-state index contributed by atoms with van der Waals surface area (Å²) in [6.45, 7) is 2.29. The number of hydrogen-bond acceptors (Lipinski definition) is 0. The van der Waals surface area contributed by atoms with Crippen LogP contribution in [0, 0.1) is 0 Å². The van der Waals surface area contributed by atoms with E-state index in [-0.39, 0.29) is 0 Å². The van der Waals surface area contributed by atoms with Crippen LogP contribution < -0.4 is 15.9 Å². The van der Waals surface area contributed by atoms with Gasteiger partial charge in [0.2, 0.25) is 0 Å². The second-order valence-corrected chi connectivity index (χ2v) is 17.1. The summed E-state index contributed by atoms with van der Waals surface area (Å²) in [7, 11) is 0. The number of halogens is 1. The topological polar surface area (TPSA) is 0 Å². The molecule has 0 nitrogen and oxygen atoms in total. The maximum absolute atomic E-state index is 4.54. The SMILES string of the molecule is CCCCCCCCCP(Br)(c1ccccc1)(c1ccccc1)c1ccccc1. The summed E-state index contributed by atoms with van der Waals surface area (Å²) >= 11 is 4.54. The van der Waals surface area contributed by atoms with Gasteiger partial charge in [-0.15, -0.1) is 0 Å². The van der Waals surface area contributed by atoms with Crippen LogP contribution in [0.4, 0.5) is 0 Å². The zero-order valence-corrected chi connectivity index (χ0v) is 20.1. The van der Waals surface area contributed by atoms with E-state index in [1.54, 1.807) is 0 Å². The molecule has 0 aromatic heterocycles. The van der Waals surface area contributed by atoms with Crippen LogP contribution in [0.5, 0.6) is 0 Å². The van der Waals surface area contributed by atoms with E-state index in [2.05, 4.69) is 113 Å². The molecule has 3 aromatic rings. The fourth-order valence-electron chi connectivity index (χ4n) is 4.42. The van der Waals surface area contributed by atoms with Crippen LogP contribution in [-0.4, -0.2) is 6.16 Å². The third-order valence-corrected chi connectivity index (χ3v) is 16.1. The van der Waals surface area contributed by atoms with Gasteiger partial charge in [0, 0.05) is 0 Å². The molecule has 154 valence electrons. The Morgan fingerprint density at radius 3 is 1.24 bits per heavy atom. The number of hydrogen-bond donors (Lipinski definition) is 0. The molecule has 0 saturated carbocycles. The number of unbranched alkanes of at least 4 members (excludes halogenated alkanes) is 6. The van der Waals surface area contributed by atoms with E-state index < -0.39 is 5.31 Å². The molecule has 0 spiro atoms. The second kappa shape index (κ2) is 10.6. The molecule has 0 N–H and O–H groups in total. The molecule has 0 unspecified atom stereocenters. The summed E-state index contributed by atoms with van der Waals surface area (Å²) in [4.78, 5) is 0. The first-order chi connectivity index (χ1) is 14.2. The van der Waals surface area contributed by atoms with Gasteiger partial charge in [0.1, 0.15) is 0 Å². The van der Waals surface area contributed by atoms with Gasteiger partial charge in [-0.2, -0.15) is 0 Å². The summed E-state index contributed by atoms with van der Waals surface area (Å²) < 4.78 is 0. The molecule has 0 amide bonds. The molecule has 0 aliphatic carbocycles. The molecule has 3 rings (SSSR count). The van der Waals surface area contributed by atoms with Crippen LogP contribution in [0.15, 0.2) is 91.0 Å². The fraction of sp³-hybridized carbons (Fsp3) is 0.333. The normalized spacial score (nSPS) is 13.0. The number of rotatable bonds is 11. The Morgan fingerprint density at radius 2 is 0.862 bits per heavy atom. The molecular formula is C27H34BrP. The average molecular weight is 469 g/mol. The monoisotopic (exact) mass is 468 g/mol. The predicted molar refractivity (Wildman–Crippen MR) is 137 cm³/mol. The van der Waals surface area contributed by atoms with Crippen molar-refractivity contribution in [2.75, 3.05) is 6.16 Å². The quantitative estimate of drug-likeness (QED) is 0.201. The molecule has 0 aliphatic rings. The Hall–Kier alpha value is -1.43. The Labute approximate surface area is 185 Å². The van der Waals surface area contributed by atoms with Crippen molar-refractivity contribution in [3.05, 3.63) is 91.0 Å². The van der Waals surface area contributed by atoms with Crippen LogP contribution in [0.2, 0.25) is 0 Å². The van der Waals surface area contributed by atoms with Gasteiger partial charge in [-0.05, 0) is 0 Å². The standard InChI is InChI=1S/C27H34BrP/c1-2-3-4-5-6-7-17-24-29(28,25-18-11-8-12-19-25,26-20-13-9-14-21-26)27-22-15-10-16-23-27/h8-16,18-23H,2-7,17,24H2,1H3. The molecule has 2 heteroatoms. The van der Waals surface area contributed by atoms with E-state index in [1.807, 2.05) is 0 Å². The summed E-state index contributed by atoms with van der Waals surface area (Å²) in [5, 5.41) is 1.60. The Bertz CT molecular complexity index is 746. The van der Waals surface area contributed by atoms with Crippen LogP contribution in [0.25, 0.3) is 0 Å². The fourth-order valence-corrected chi connectivity index (χ4v) is 12.2. The zero-order valence-electron chi connectivity index (χ0n) is 17.6. The third-order valence-electron chi connectivity index (χ3n) is 6.07. The molecule has 0 saturated heterocycles. The first kappa shape index (κ1) is 22.3. The van der Waals surface area contributed by atoms with Crippen LogP contribution in [-0.2, 0) is 0 Å². The molecule has 3 aromatic carbocycles. The van der Waals surface area contributed by atoms with Crippen molar-refractivity contribution in [2.24, 2.45) is 0 Å². The van der Waals surface area contributed by atoms with E-state index >= 15 is 0 Å². The molecule has 0 heterocycles. The minimum atomic E-state index is -2.70. The second-order valence-electron chi connectivity index (χ2n) is 8.03. The van der Waals surface area contributed by atoms with Crippen molar-refractivity contribution in [1.29, 1.82) is 0 Å². The van der Waals surface area contributed by atoms with Gasteiger partial charge in [0.05, 0.1) is 0 Å². The van der Waals surface area contributed by atoms with E-state index in [0.717, 1.165) is 6.16 Å². The summed E-state index contributed by atoms with van der Waals surface area (Å²) in [6, 6.07) is 33.5. The van der Waals surface area contributed by atoms with E-state index in [9.17, 15) is 0 Å². The number of benzene rings is 3. The van der Waals surface area contributed by atoms with Crippen molar-refractivity contribution in [3.63, 3.8) is 0 Å². The van der Waals surface area contributed by atoms with Crippen molar-refractivity contribution in [3.8, 4) is 0 Å². The average Bonchev–Trinajstić information content (AvgIpc) is 2.80. The van der Waals surface area contributed by atoms with Gasteiger partial charge in [-0.25, -0.2) is 0 Å². The van der Waals surface area contributed by atoms with Crippen molar-refractivity contribution in [2.45, 2.75) is 51.9 Å². The Morgan fingerprint density at radius 1 is 0.517 bits per heavy atom. The van der Waals surface area contributed by atoms with Gasteiger partial charge < -0.3 is 0 Å². The molecule has 0 atom stereocenters. The van der Waals surface area contributed by atoms with Crippen LogP contribution in [0.1, 0.15) is 51.9 Å². The molecule has 0 bridgehead atoms. The maximum atomic E-state index is 4.54. The van der Waals surface area contributed by atoms with Crippen LogP contribution in [0.3, 0.4) is 0 Å². The Kier molecular flexibility index (Phi) is 8.10. The van der Waals surface area contributed by atoms with E-state index in [1.165, 1.54) is 60.9 Å². The summed E-state index contributed by atoms with van der Waals surface area (Å²) in [5.41, 5.74) is 0. The first-order valence-corrected chi connectivity index (χ1v) is 15.5. The summed E-state index contributed by atoms with van der Waals surface area (Å²) in [6.07, 6.45) is 10.5. The van der Waals surface area contributed by atoms with Gasteiger partial charge >= 0.3 is 186 Å². The van der Waals surface area contributed by atoms with Gasteiger partial charge in [0.15, 0.2) is 0 Å². The molecular weight excluding hydrogens is 435 g/mol. The van der Waals surface area contributed by atoms with E-state index in [0.29, 0.717) is 0 Å². The third kappa shape index (κ3) is 4.84. The van der Waals surface area contributed by atoms with Crippen LogP contribution >= 0.6 is 20.8 Å². The molecule has 0 radical (unpaired) electrons. The zero-order chi connectivity index (χ0) is 20.4. The first-order valence-electron chi connectivity index (χ1n) is 11.1. The van der Waals surface area contributed by atoms with Gasteiger partial charge in [-0.3, -0.25) is 0 Å². The minimum absolute atomic E-state index is 1.16. The van der Waals surface area contributed by atoms with Gasteiger partial charge in [0.25, 0.3) is 0 Å². The van der Waals surface area contributed by atoms with Crippen molar-refractivity contribution >= 4 is 36.7 Å². The van der Waals surface area contributed by atoms with Crippen molar-refractivity contribution < 1.29 is 0 Å². The van der Waals surface area contributed by atoms with Crippen molar-refractivity contribution in [1.82, 2.24) is 0 Å².